The van der Waals surface area contributed by atoms with Crippen LogP contribution in [0.2, 0.25) is 0 Å². The molecule has 2 amide bonds. The fourth-order valence-electron chi connectivity index (χ4n) is 2.70. The highest BCUT2D eigenvalue weighted by Crippen LogP contribution is 2.25. The maximum atomic E-state index is 12.1. The standard InChI is InChI=1S/C24H17N5O4S/c30-20(26-24-29-28-22(34-24)17-7-3-1-4-8-17)21(31)27-25-15-16-11-13-19(14-12-16)33-23(32)18-9-5-2-6-10-18/h1-15H,(H,27,31)(H,26,29,30)/b25-15-. The molecule has 0 aliphatic rings. The molecule has 9 nitrogen and oxygen atoms in total. The largest absolute Gasteiger partial charge is 0.423 e. The van der Waals surface area contributed by atoms with Crippen molar-refractivity contribution < 1.29 is 19.1 Å². The average Bonchev–Trinajstić information content (AvgIpc) is 3.34. The second kappa shape index (κ2) is 10.7. The van der Waals surface area contributed by atoms with Gasteiger partial charge in [0.15, 0.2) is 0 Å². The van der Waals surface area contributed by atoms with Gasteiger partial charge in [-0.1, -0.05) is 59.9 Å². The van der Waals surface area contributed by atoms with Crippen LogP contribution >= 0.6 is 11.3 Å². The number of benzene rings is 3. The molecule has 4 aromatic rings. The number of esters is 1. The minimum atomic E-state index is -0.957. The fourth-order valence-corrected chi connectivity index (χ4v) is 3.45. The van der Waals surface area contributed by atoms with Gasteiger partial charge in [-0.2, -0.15) is 5.10 Å². The SMILES string of the molecule is O=C(N/N=C\c1ccc(OC(=O)c2ccccc2)cc1)C(=O)Nc1nnc(-c2ccccc2)s1. The Balaban J connectivity index is 1.27. The summed E-state index contributed by atoms with van der Waals surface area (Å²) >= 11 is 1.15. The van der Waals surface area contributed by atoms with Crippen molar-refractivity contribution in [1.29, 1.82) is 0 Å². The molecule has 34 heavy (non-hydrogen) atoms. The third kappa shape index (κ3) is 5.96. The van der Waals surface area contributed by atoms with E-state index in [4.69, 9.17) is 4.74 Å². The van der Waals surface area contributed by atoms with E-state index >= 15 is 0 Å². The summed E-state index contributed by atoms with van der Waals surface area (Å²) in [5.74, 6) is -1.98. The molecule has 0 aliphatic carbocycles. The summed E-state index contributed by atoms with van der Waals surface area (Å²) in [6, 6.07) is 24.5. The summed E-state index contributed by atoms with van der Waals surface area (Å²) in [5.41, 5.74) is 4.07. The molecule has 0 fully saturated rings. The van der Waals surface area contributed by atoms with E-state index in [1.807, 2.05) is 36.4 Å². The van der Waals surface area contributed by atoms with E-state index in [0.717, 1.165) is 16.9 Å². The van der Waals surface area contributed by atoms with Gasteiger partial charge in [-0.05, 0) is 42.0 Å². The van der Waals surface area contributed by atoms with Crippen LogP contribution in [0.3, 0.4) is 0 Å². The van der Waals surface area contributed by atoms with Crippen molar-refractivity contribution in [3.05, 3.63) is 96.1 Å². The summed E-state index contributed by atoms with van der Waals surface area (Å²) < 4.78 is 5.30. The first-order valence-electron chi connectivity index (χ1n) is 9.99. The molecular weight excluding hydrogens is 454 g/mol. The summed E-state index contributed by atoms with van der Waals surface area (Å²) in [4.78, 5) is 36.1. The van der Waals surface area contributed by atoms with E-state index in [1.54, 1.807) is 48.5 Å². The molecule has 168 valence electrons. The van der Waals surface area contributed by atoms with Crippen LogP contribution in [-0.2, 0) is 9.59 Å². The number of carbonyl (C=O) groups excluding carboxylic acids is 3. The molecule has 0 unspecified atom stereocenters. The van der Waals surface area contributed by atoms with E-state index < -0.39 is 17.8 Å². The molecule has 0 saturated heterocycles. The van der Waals surface area contributed by atoms with E-state index in [0.29, 0.717) is 21.9 Å². The van der Waals surface area contributed by atoms with Crippen molar-refractivity contribution >= 4 is 40.5 Å². The lowest BCUT2D eigenvalue weighted by atomic mass is 10.2. The smallest absolute Gasteiger partial charge is 0.343 e. The zero-order valence-corrected chi connectivity index (χ0v) is 18.4. The average molecular weight is 471 g/mol. The number of anilines is 1. The van der Waals surface area contributed by atoms with E-state index in [-0.39, 0.29) is 5.13 Å². The van der Waals surface area contributed by atoms with Gasteiger partial charge in [-0.3, -0.25) is 14.9 Å². The molecule has 4 rings (SSSR count). The lowest BCUT2D eigenvalue weighted by molar-refractivity contribution is -0.136. The van der Waals surface area contributed by atoms with Crippen LogP contribution in [0.15, 0.2) is 90.0 Å². The molecule has 2 N–H and O–H groups in total. The number of nitrogens with zero attached hydrogens (tertiary/aromatic N) is 3. The summed E-state index contributed by atoms with van der Waals surface area (Å²) in [5, 5.41) is 14.9. The van der Waals surface area contributed by atoms with Gasteiger partial charge in [0.1, 0.15) is 10.8 Å². The Morgan fingerprint density at radius 1 is 0.824 bits per heavy atom. The van der Waals surface area contributed by atoms with Crippen LogP contribution < -0.4 is 15.5 Å². The zero-order valence-electron chi connectivity index (χ0n) is 17.5. The number of aromatic nitrogens is 2. The van der Waals surface area contributed by atoms with Gasteiger partial charge in [-0.15, -0.1) is 10.2 Å². The Bertz CT molecular complexity index is 1320. The Morgan fingerprint density at radius 3 is 2.21 bits per heavy atom. The zero-order chi connectivity index (χ0) is 23.8. The third-order valence-electron chi connectivity index (χ3n) is 4.35. The third-order valence-corrected chi connectivity index (χ3v) is 5.24. The molecule has 1 heterocycles. The molecule has 10 heteroatoms. The number of hydrazone groups is 1. The highest BCUT2D eigenvalue weighted by Gasteiger charge is 2.16. The van der Waals surface area contributed by atoms with E-state index in [1.165, 1.54) is 6.21 Å². The van der Waals surface area contributed by atoms with Gasteiger partial charge < -0.3 is 4.74 Å². The fraction of sp³-hybridized carbons (Fsp3) is 0. The number of hydrogen-bond acceptors (Lipinski definition) is 8. The first kappa shape index (κ1) is 22.5. The quantitative estimate of drug-likeness (QED) is 0.146. The number of hydrogen-bond donors (Lipinski definition) is 2. The Morgan fingerprint density at radius 2 is 1.50 bits per heavy atom. The summed E-state index contributed by atoms with van der Waals surface area (Å²) in [6.07, 6.45) is 1.35. The second-order valence-corrected chi connectivity index (χ2v) is 7.73. The number of rotatable bonds is 6. The summed E-state index contributed by atoms with van der Waals surface area (Å²) in [6.45, 7) is 0. The van der Waals surface area contributed by atoms with Crippen LogP contribution in [-0.4, -0.2) is 34.2 Å². The van der Waals surface area contributed by atoms with Crippen molar-refractivity contribution in [1.82, 2.24) is 15.6 Å². The van der Waals surface area contributed by atoms with Gasteiger partial charge in [0.2, 0.25) is 5.13 Å². The number of amides is 2. The normalized spacial score (nSPS) is 10.6. The van der Waals surface area contributed by atoms with Gasteiger partial charge in [0, 0.05) is 5.56 Å². The molecule has 1 aromatic heterocycles. The van der Waals surface area contributed by atoms with Crippen LogP contribution in [0, 0.1) is 0 Å². The van der Waals surface area contributed by atoms with E-state index in [9.17, 15) is 14.4 Å². The number of carbonyl (C=O) groups is 3. The topological polar surface area (TPSA) is 123 Å². The predicted octanol–water partition coefficient (Wildman–Crippen LogP) is 3.51. The number of nitrogens with one attached hydrogen (secondary N) is 2. The molecule has 0 atom stereocenters. The number of ether oxygens (including phenoxy) is 1. The van der Waals surface area contributed by atoms with Crippen molar-refractivity contribution in [2.24, 2.45) is 5.10 Å². The maximum absolute atomic E-state index is 12.1. The first-order chi connectivity index (χ1) is 16.6. The van der Waals surface area contributed by atoms with Gasteiger partial charge in [-0.25, -0.2) is 10.2 Å². The summed E-state index contributed by atoms with van der Waals surface area (Å²) in [7, 11) is 0. The molecular formula is C24H17N5O4S. The maximum Gasteiger partial charge on any atom is 0.343 e. The molecule has 0 aliphatic heterocycles. The minimum absolute atomic E-state index is 0.198. The van der Waals surface area contributed by atoms with Crippen LogP contribution in [0.25, 0.3) is 10.6 Å². The van der Waals surface area contributed by atoms with Crippen LogP contribution in [0.4, 0.5) is 5.13 Å². The molecule has 0 spiro atoms. The minimum Gasteiger partial charge on any atom is -0.423 e. The lowest BCUT2D eigenvalue weighted by Crippen LogP contribution is -2.32. The first-order valence-corrected chi connectivity index (χ1v) is 10.8. The van der Waals surface area contributed by atoms with Crippen molar-refractivity contribution in [2.75, 3.05) is 5.32 Å². The molecule has 0 saturated carbocycles. The van der Waals surface area contributed by atoms with E-state index in [2.05, 4.69) is 26.0 Å². The van der Waals surface area contributed by atoms with Crippen molar-refractivity contribution in [3.8, 4) is 16.3 Å². The van der Waals surface area contributed by atoms with Crippen molar-refractivity contribution in [2.45, 2.75) is 0 Å². The highest BCUT2D eigenvalue weighted by atomic mass is 32.1. The Labute approximate surface area is 198 Å². The lowest BCUT2D eigenvalue weighted by Gasteiger charge is -2.04. The second-order valence-electron chi connectivity index (χ2n) is 6.76. The monoisotopic (exact) mass is 471 g/mol. The van der Waals surface area contributed by atoms with Gasteiger partial charge in [0.25, 0.3) is 0 Å². The van der Waals surface area contributed by atoms with Crippen molar-refractivity contribution in [3.63, 3.8) is 0 Å². The Hall–Kier alpha value is -4.70. The van der Waals surface area contributed by atoms with Crippen LogP contribution in [0.5, 0.6) is 5.75 Å². The van der Waals surface area contributed by atoms with Gasteiger partial charge in [0.05, 0.1) is 11.8 Å². The molecule has 0 radical (unpaired) electrons. The predicted molar refractivity (Wildman–Crippen MR) is 128 cm³/mol. The molecule has 0 bridgehead atoms. The van der Waals surface area contributed by atoms with Gasteiger partial charge >= 0.3 is 17.8 Å². The highest BCUT2D eigenvalue weighted by molar-refractivity contribution is 7.18. The Kier molecular flexibility index (Phi) is 7.11. The molecule has 3 aromatic carbocycles. The van der Waals surface area contributed by atoms with Crippen LogP contribution in [0.1, 0.15) is 15.9 Å².